The molecule has 1 aliphatic heterocycles. The van der Waals surface area contributed by atoms with E-state index < -0.39 is 0 Å². The van der Waals surface area contributed by atoms with Crippen LogP contribution in [0.2, 0.25) is 0 Å². The maximum absolute atomic E-state index is 12.6. The van der Waals surface area contributed by atoms with Crippen molar-refractivity contribution >= 4 is 5.91 Å². The van der Waals surface area contributed by atoms with Crippen molar-refractivity contribution in [2.45, 2.75) is 25.4 Å². The number of rotatable bonds is 6. The maximum atomic E-state index is 12.6. The van der Waals surface area contributed by atoms with Crippen molar-refractivity contribution in [3.63, 3.8) is 0 Å². The number of aromatic nitrogens is 2. The van der Waals surface area contributed by atoms with E-state index in [4.69, 9.17) is 10.5 Å². The third kappa shape index (κ3) is 4.01. The van der Waals surface area contributed by atoms with Gasteiger partial charge in [0.05, 0.1) is 11.8 Å². The van der Waals surface area contributed by atoms with Gasteiger partial charge < -0.3 is 15.4 Å². The standard InChI is InChI=1S/C18H24N4O2/c19-10-4-14-24-16-7-11-21(12-8-16)18(23)17-9-13-22(20-17)15-5-2-1-3-6-15/h1-3,5-6,9,13,16H,4,7-8,10-12,14,19H2. The van der Waals surface area contributed by atoms with Crippen molar-refractivity contribution in [3.8, 4) is 5.69 Å². The summed E-state index contributed by atoms with van der Waals surface area (Å²) in [5.41, 5.74) is 6.91. The molecule has 0 bridgehead atoms. The number of nitrogens with two attached hydrogens (primary N) is 1. The van der Waals surface area contributed by atoms with E-state index >= 15 is 0 Å². The molecule has 6 nitrogen and oxygen atoms in total. The first-order valence-electron chi connectivity index (χ1n) is 8.50. The summed E-state index contributed by atoms with van der Waals surface area (Å²) in [7, 11) is 0. The van der Waals surface area contributed by atoms with Gasteiger partial charge in [-0.15, -0.1) is 0 Å². The Balaban J connectivity index is 1.55. The molecule has 2 aromatic rings. The van der Waals surface area contributed by atoms with Crippen LogP contribution in [0, 0.1) is 0 Å². The summed E-state index contributed by atoms with van der Waals surface area (Å²) in [5.74, 6) is -0.00918. The van der Waals surface area contributed by atoms with Gasteiger partial charge in [-0.05, 0) is 44.0 Å². The van der Waals surface area contributed by atoms with E-state index in [1.165, 1.54) is 0 Å². The molecule has 3 rings (SSSR count). The van der Waals surface area contributed by atoms with Gasteiger partial charge in [0, 0.05) is 25.9 Å². The lowest BCUT2D eigenvalue weighted by atomic mass is 10.1. The van der Waals surface area contributed by atoms with Crippen LogP contribution >= 0.6 is 0 Å². The molecule has 0 saturated carbocycles. The van der Waals surface area contributed by atoms with Crippen molar-refractivity contribution in [2.24, 2.45) is 5.73 Å². The summed E-state index contributed by atoms with van der Waals surface area (Å²) in [5, 5.41) is 4.42. The minimum atomic E-state index is -0.00918. The molecular weight excluding hydrogens is 304 g/mol. The summed E-state index contributed by atoms with van der Waals surface area (Å²) < 4.78 is 7.51. The lowest BCUT2D eigenvalue weighted by Gasteiger charge is -2.31. The van der Waals surface area contributed by atoms with E-state index in [1.807, 2.05) is 41.4 Å². The number of hydrogen-bond donors (Lipinski definition) is 1. The Kier molecular flexibility index (Phi) is 5.61. The molecule has 128 valence electrons. The van der Waals surface area contributed by atoms with Crippen LogP contribution in [0.1, 0.15) is 29.8 Å². The molecule has 0 spiro atoms. The fourth-order valence-electron chi connectivity index (χ4n) is 2.88. The van der Waals surface area contributed by atoms with E-state index in [-0.39, 0.29) is 12.0 Å². The van der Waals surface area contributed by atoms with Crippen LogP contribution in [0.15, 0.2) is 42.6 Å². The Labute approximate surface area is 142 Å². The largest absolute Gasteiger partial charge is 0.378 e. The third-order valence-corrected chi connectivity index (χ3v) is 4.26. The van der Waals surface area contributed by atoms with Gasteiger partial charge in [-0.1, -0.05) is 18.2 Å². The first kappa shape index (κ1) is 16.7. The molecule has 0 aliphatic carbocycles. The van der Waals surface area contributed by atoms with Crippen LogP contribution < -0.4 is 5.73 Å². The van der Waals surface area contributed by atoms with Gasteiger partial charge in [-0.3, -0.25) is 4.79 Å². The lowest BCUT2D eigenvalue weighted by molar-refractivity contribution is 0.00828. The Bertz CT molecular complexity index is 648. The topological polar surface area (TPSA) is 73.4 Å². The lowest BCUT2D eigenvalue weighted by Crippen LogP contribution is -2.41. The van der Waals surface area contributed by atoms with Crippen molar-refractivity contribution in [2.75, 3.05) is 26.2 Å². The molecular formula is C18H24N4O2. The fourth-order valence-corrected chi connectivity index (χ4v) is 2.88. The fraction of sp³-hybridized carbons (Fsp3) is 0.444. The average Bonchev–Trinajstić information content (AvgIpc) is 3.13. The molecule has 2 N–H and O–H groups in total. The molecule has 1 aliphatic rings. The van der Waals surface area contributed by atoms with Crippen LogP contribution in [0.25, 0.3) is 5.69 Å². The number of benzene rings is 1. The number of carbonyl (C=O) groups is 1. The smallest absolute Gasteiger partial charge is 0.274 e. The van der Waals surface area contributed by atoms with Gasteiger partial charge >= 0.3 is 0 Å². The highest BCUT2D eigenvalue weighted by atomic mass is 16.5. The second-order valence-electron chi connectivity index (χ2n) is 5.99. The van der Waals surface area contributed by atoms with E-state index in [2.05, 4.69) is 5.10 Å². The van der Waals surface area contributed by atoms with Crippen LogP contribution in [0.5, 0.6) is 0 Å². The van der Waals surface area contributed by atoms with Gasteiger partial charge in [-0.25, -0.2) is 4.68 Å². The summed E-state index contributed by atoms with van der Waals surface area (Å²) in [4.78, 5) is 14.5. The molecule has 1 amide bonds. The zero-order chi connectivity index (χ0) is 16.8. The van der Waals surface area contributed by atoms with E-state index in [0.29, 0.717) is 31.9 Å². The van der Waals surface area contributed by atoms with Gasteiger partial charge in [0.1, 0.15) is 0 Å². The SMILES string of the molecule is NCCCOC1CCN(C(=O)c2ccn(-c3ccccc3)n2)CC1. The predicted molar refractivity (Wildman–Crippen MR) is 92.1 cm³/mol. The summed E-state index contributed by atoms with van der Waals surface area (Å²) >= 11 is 0. The minimum Gasteiger partial charge on any atom is -0.378 e. The number of likely N-dealkylation sites (tertiary alicyclic amines) is 1. The molecule has 1 saturated heterocycles. The van der Waals surface area contributed by atoms with E-state index in [1.54, 1.807) is 10.7 Å². The van der Waals surface area contributed by atoms with Crippen LogP contribution in [-0.4, -0.2) is 52.9 Å². The molecule has 0 radical (unpaired) electrons. The molecule has 1 aromatic carbocycles. The monoisotopic (exact) mass is 328 g/mol. The van der Waals surface area contributed by atoms with E-state index in [0.717, 1.165) is 24.9 Å². The van der Waals surface area contributed by atoms with Crippen molar-refractivity contribution < 1.29 is 9.53 Å². The van der Waals surface area contributed by atoms with Gasteiger partial charge in [-0.2, -0.15) is 5.10 Å². The molecule has 6 heteroatoms. The highest BCUT2D eigenvalue weighted by molar-refractivity contribution is 5.92. The molecule has 24 heavy (non-hydrogen) atoms. The zero-order valence-electron chi connectivity index (χ0n) is 13.8. The van der Waals surface area contributed by atoms with Gasteiger partial charge in [0.25, 0.3) is 5.91 Å². The van der Waals surface area contributed by atoms with Gasteiger partial charge in [0.2, 0.25) is 0 Å². The van der Waals surface area contributed by atoms with Crippen LogP contribution in [-0.2, 0) is 4.74 Å². The third-order valence-electron chi connectivity index (χ3n) is 4.26. The minimum absolute atomic E-state index is 0.00918. The first-order chi connectivity index (χ1) is 11.8. The van der Waals surface area contributed by atoms with Gasteiger partial charge in [0.15, 0.2) is 5.69 Å². The number of hydrogen-bond acceptors (Lipinski definition) is 4. The summed E-state index contributed by atoms with van der Waals surface area (Å²) in [6, 6.07) is 11.6. The second-order valence-corrected chi connectivity index (χ2v) is 5.99. The van der Waals surface area contributed by atoms with E-state index in [9.17, 15) is 4.79 Å². The molecule has 2 heterocycles. The Morgan fingerprint density at radius 1 is 1.21 bits per heavy atom. The number of amides is 1. The molecule has 1 aromatic heterocycles. The average molecular weight is 328 g/mol. The van der Waals surface area contributed by atoms with Crippen molar-refractivity contribution in [3.05, 3.63) is 48.3 Å². The van der Waals surface area contributed by atoms with Crippen LogP contribution in [0.4, 0.5) is 0 Å². The highest BCUT2D eigenvalue weighted by Crippen LogP contribution is 2.16. The number of piperidine rings is 1. The summed E-state index contributed by atoms with van der Waals surface area (Å²) in [6.45, 7) is 2.78. The van der Waals surface area contributed by atoms with Crippen molar-refractivity contribution in [1.82, 2.24) is 14.7 Å². The van der Waals surface area contributed by atoms with Crippen molar-refractivity contribution in [1.29, 1.82) is 0 Å². The predicted octanol–water partition coefficient (Wildman–Crippen LogP) is 1.84. The first-order valence-corrected chi connectivity index (χ1v) is 8.50. The quantitative estimate of drug-likeness (QED) is 0.821. The van der Waals surface area contributed by atoms with Crippen LogP contribution in [0.3, 0.4) is 0 Å². The second kappa shape index (κ2) is 8.08. The maximum Gasteiger partial charge on any atom is 0.274 e. The Morgan fingerprint density at radius 3 is 2.67 bits per heavy atom. The normalized spacial score (nSPS) is 15.6. The summed E-state index contributed by atoms with van der Waals surface area (Å²) in [6.07, 6.45) is 4.69. The number of carbonyl (C=O) groups excluding carboxylic acids is 1. The molecule has 0 unspecified atom stereocenters. The highest BCUT2D eigenvalue weighted by Gasteiger charge is 2.25. The number of para-hydroxylation sites is 1. The Morgan fingerprint density at radius 2 is 1.96 bits per heavy atom. The molecule has 0 atom stereocenters. The number of nitrogens with zero attached hydrogens (tertiary/aromatic N) is 3. The Hall–Kier alpha value is -2.18. The number of ether oxygens (including phenoxy) is 1. The molecule has 1 fully saturated rings. The zero-order valence-corrected chi connectivity index (χ0v) is 13.8.